The maximum absolute atomic E-state index is 11.3. The van der Waals surface area contributed by atoms with Gasteiger partial charge < -0.3 is 9.84 Å². The zero-order chi connectivity index (χ0) is 10.7. The van der Waals surface area contributed by atoms with Crippen LogP contribution in [0.5, 0.6) is 0 Å². The molecular weight excluding hydrogens is 224 g/mol. The third-order valence-corrected chi connectivity index (χ3v) is 3.93. The maximum Gasteiger partial charge on any atom is 0.347 e. The minimum atomic E-state index is -1.22. The van der Waals surface area contributed by atoms with Gasteiger partial charge in [-0.25, -0.2) is 9.59 Å². The summed E-state index contributed by atoms with van der Waals surface area (Å²) in [5, 5.41) is 9.60. The van der Waals surface area contributed by atoms with Crippen LogP contribution in [-0.4, -0.2) is 28.2 Å². The van der Waals surface area contributed by atoms with E-state index in [-0.39, 0.29) is 11.7 Å². The fourth-order valence-electron chi connectivity index (χ4n) is 0.793. The topological polar surface area (TPSA) is 63.6 Å². The first-order valence-electron chi connectivity index (χ1n) is 3.96. The predicted octanol–water partition coefficient (Wildman–Crippen LogP) is 1.67. The number of ether oxygens (including phenoxy) is 1. The summed E-state index contributed by atoms with van der Waals surface area (Å²) in [6, 6.07) is 0. The summed E-state index contributed by atoms with van der Waals surface area (Å²) in [6.45, 7) is 3.37. The fraction of sp³-hybridized carbons (Fsp3) is 0.500. The Morgan fingerprint density at radius 1 is 1.43 bits per heavy atom. The highest BCUT2D eigenvalue weighted by molar-refractivity contribution is 8.37. The summed E-state index contributed by atoms with van der Waals surface area (Å²) in [6.07, 6.45) is -0.299. The quantitative estimate of drug-likeness (QED) is 0.347. The number of carboxylic acids is 1. The molecule has 0 aromatic carbocycles. The zero-order valence-electron chi connectivity index (χ0n) is 7.77. The number of carboxylic acid groups (broad SMARTS) is 1. The van der Waals surface area contributed by atoms with Crippen molar-refractivity contribution in [2.75, 3.05) is 5.08 Å². The summed E-state index contributed by atoms with van der Waals surface area (Å²) in [7, 11) is 0. The predicted molar refractivity (Wildman–Crippen MR) is 55.9 cm³/mol. The van der Waals surface area contributed by atoms with E-state index in [1.54, 1.807) is 13.8 Å². The lowest BCUT2D eigenvalue weighted by Gasteiger charge is -2.18. The molecule has 1 aliphatic rings. The van der Waals surface area contributed by atoms with Crippen LogP contribution in [0.3, 0.4) is 0 Å². The molecule has 1 rings (SSSR count). The van der Waals surface area contributed by atoms with E-state index in [9.17, 15) is 9.59 Å². The van der Waals surface area contributed by atoms with Crippen LogP contribution in [0.1, 0.15) is 13.8 Å². The third-order valence-electron chi connectivity index (χ3n) is 1.34. The number of hydrogen-bond acceptors (Lipinski definition) is 5. The van der Waals surface area contributed by atoms with Gasteiger partial charge in [-0.3, -0.25) is 0 Å². The molecule has 1 saturated heterocycles. The average molecular weight is 234 g/mol. The van der Waals surface area contributed by atoms with E-state index < -0.39 is 11.9 Å². The van der Waals surface area contributed by atoms with E-state index in [0.29, 0.717) is 4.24 Å². The van der Waals surface area contributed by atoms with Gasteiger partial charge in [-0.1, -0.05) is 0 Å². The summed E-state index contributed by atoms with van der Waals surface area (Å²) >= 11 is 2.72. The summed E-state index contributed by atoms with van der Waals surface area (Å²) < 4.78 is 5.37. The molecule has 14 heavy (non-hydrogen) atoms. The number of hydrogen-bond donors (Lipinski definition) is 1. The third kappa shape index (κ3) is 2.68. The number of thioether (sulfide) groups is 2. The molecule has 0 saturated carbocycles. The van der Waals surface area contributed by atoms with Gasteiger partial charge >= 0.3 is 11.9 Å². The Kier molecular flexibility index (Phi) is 3.88. The van der Waals surface area contributed by atoms with Gasteiger partial charge in [-0.2, -0.15) is 0 Å². The normalized spacial score (nSPS) is 14.9. The molecule has 0 spiro atoms. The molecule has 1 N–H and O–H groups in total. The van der Waals surface area contributed by atoms with Crippen LogP contribution in [0.25, 0.3) is 0 Å². The van der Waals surface area contributed by atoms with E-state index in [2.05, 4.69) is 0 Å². The summed E-state index contributed by atoms with van der Waals surface area (Å²) in [5.74, 6) is -1.97. The molecule has 0 unspecified atom stereocenters. The van der Waals surface area contributed by atoms with Crippen LogP contribution in [0, 0.1) is 0 Å². The van der Waals surface area contributed by atoms with Gasteiger partial charge in [-0.05, 0) is 13.8 Å². The molecule has 0 radical (unpaired) electrons. The van der Waals surface area contributed by atoms with E-state index in [4.69, 9.17) is 9.84 Å². The van der Waals surface area contributed by atoms with Crippen molar-refractivity contribution in [3.8, 4) is 0 Å². The van der Waals surface area contributed by atoms with Gasteiger partial charge in [0.2, 0.25) is 0 Å². The number of rotatable bonds is 3. The largest absolute Gasteiger partial charge is 0.477 e. The highest BCUT2D eigenvalue weighted by Gasteiger charge is 2.29. The second-order valence-corrected chi connectivity index (χ2v) is 5.42. The second kappa shape index (κ2) is 4.75. The van der Waals surface area contributed by atoms with Crippen molar-refractivity contribution in [2.24, 2.45) is 0 Å². The molecule has 0 bridgehead atoms. The van der Waals surface area contributed by atoms with Gasteiger partial charge in [0, 0.05) is 5.08 Å². The Morgan fingerprint density at radius 3 is 2.29 bits per heavy atom. The van der Waals surface area contributed by atoms with Gasteiger partial charge in [0.05, 0.1) is 10.3 Å². The molecule has 0 atom stereocenters. The maximum atomic E-state index is 11.3. The van der Waals surface area contributed by atoms with Crippen molar-refractivity contribution in [3.05, 3.63) is 9.81 Å². The molecule has 0 aromatic heterocycles. The number of aliphatic carboxylic acids is 1. The van der Waals surface area contributed by atoms with Crippen molar-refractivity contribution in [3.63, 3.8) is 0 Å². The zero-order valence-corrected chi connectivity index (χ0v) is 9.41. The first-order chi connectivity index (χ1) is 6.52. The molecule has 0 aliphatic carbocycles. The fourth-order valence-corrected chi connectivity index (χ4v) is 2.37. The van der Waals surface area contributed by atoms with Crippen molar-refractivity contribution >= 4 is 35.5 Å². The average Bonchev–Trinajstić information content (AvgIpc) is 1.93. The lowest BCUT2D eigenvalue weighted by Crippen LogP contribution is -2.21. The van der Waals surface area contributed by atoms with Gasteiger partial charge in [0.15, 0.2) is 5.57 Å². The smallest absolute Gasteiger partial charge is 0.347 e. The molecular formula is C8H10O4S2. The molecule has 6 heteroatoms. The highest BCUT2D eigenvalue weighted by atomic mass is 32.3. The van der Waals surface area contributed by atoms with Crippen LogP contribution >= 0.6 is 23.5 Å². The Bertz CT molecular complexity index is 290. The van der Waals surface area contributed by atoms with Crippen molar-refractivity contribution in [2.45, 2.75) is 20.0 Å². The van der Waals surface area contributed by atoms with Crippen molar-refractivity contribution in [1.82, 2.24) is 0 Å². The SMILES string of the molecule is CC(C)OC(=O)C(C(=O)O)=C1SCS1. The molecule has 4 nitrogen and oxygen atoms in total. The standard InChI is InChI=1S/C8H10O4S2/c1-4(2)12-7(11)5(6(9)10)8-13-3-14-8/h4H,3H2,1-2H3,(H,9,10). The van der Waals surface area contributed by atoms with Gasteiger partial charge in [0.1, 0.15) is 0 Å². The minimum absolute atomic E-state index is 0.236. The van der Waals surface area contributed by atoms with E-state index in [0.717, 1.165) is 5.08 Å². The van der Waals surface area contributed by atoms with Gasteiger partial charge in [-0.15, -0.1) is 23.5 Å². The van der Waals surface area contributed by atoms with Crippen molar-refractivity contribution in [1.29, 1.82) is 0 Å². The summed E-state index contributed by atoms with van der Waals surface area (Å²) in [5.41, 5.74) is -0.236. The Balaban J connectivity index is 2.79. The van der Waals surface area contributed by atoms with Crippen LogP contribution in [0.2, 0.25) is 0 Å². The molecule has 1 heterocycles. The minimum Gasteiger partial charge on any atom is -0.477 e. The molecule has 1 aliphatic heterocycles. The lowest BCUT2D eigenvalue weighted by molar-refractivity contribution is -0.146. The van der Waals surface area contributed by atoms with E-state index >= 15 is 0 Å². The molecule has 0 amide bonds. The monoisotopic (exact) mass is 234 g/mol. The second-order valence-electron chi connectivity index (χ2n) is 2.83. The van der Waals surface area contributed by atoms with Crippen LogP contribution in [0.15, 0.2) is 9.81 Å². The van der Waals surface area contributed by atoms with Crippen LogP contribution in [0.4, 0.5) is 0 Å². The Morgan fingerprint density at radius 2 is 2.00 bits per heavy atom. The number of carbonyl (C=O) groups is 2. The molecule has 78 valence electrons. The first kappa shape index (κ1) is 11.5. The first-order valence-corrected chi connectivity index (χ1v) is 5.93. The molecule has 0 aromatic rings. The number of esters is 1. The summed E-state index contributed by atoms with van der Waals surface area (Å²) in [4.78, 5) is 22.1. The lowest BCUT2D eigenvalue weighted by atomic mass is 10.3. The van der Waals surface area contributed by atoms with Crippen LogP contribution in [-0.2, 0) is 14.3 Å². The Labute approximate surface area is 90.1 Å². The van der Waals surface area contributed by atoms with E-state index in [1.165, 1.54) is 23.5 Å². The number of carbonyl (C=O) groups excluding carboxylic acids is 1. The van der Waals surface area contributed by atoms with Crippen LogP contribution < -0.4 is 0 Å². The van der Waals surface area contributed by atoms with Crippen molar-refractivity contribution < 1.29 is 19.4 Å². The van der Waals surface area contributed by atoms with E-state index in [1.807, 2.05) is 0 Å². The Hall–Kier alpha value is -0.620. The van der Waals surface area contributed by atoms with Gasteiger partial charge in [0.25, 0.3) is 0 Å². The highest BCUT2D eigenvalue weighted by Crippen LogP contribution is 2.45. The molecule has 1 fully saturated rings.